The van der Waals surface area contributed by atoms with Gasteiger partial charge in [0.05, 0.1) is 36.3 Å². The Morgan fingerprint density at radius 3 is 2.88 bits per heavy atom. The first-order valence-corrected chi connectivity index (χ1v) is 19.1. The monoisotopic (exact) mass is 705 g/mol. The third kappa shape index (κ3) is 8.33. The number of amides is 2. The standard InChI is InChI=1S/C37H44ClN5O5S/c1-3-26-18-31(47-2)9-5-4-6-17-49(46,41-35(44)21-30-22-39-15-16-40-30)42-36(45)28-10-13-34-33(20-28)43(23-26)24-37(25-48-34)14-7-8-27-19-29(38)11-12-32(27)37/h5,9-13,15-16,19-20,22,26,31H,3-4,6-8,14,17-18,21,23-25H2,1-2H3,(H,41,42,44,45,46)/b9-5+/t26-,31+,37+,49?/m1/s1. The van der Waals surface area contributed by atoms with Crippen LogP contribution in [0.1, 0.15) is 72.6 Å². The molecule has 3 aliphatic rings. The van der Waals surface area contributed by atoms with Gasteiger partial charge in [0.25, 0.3) is 5.91 Å². The summed E-state index contributed by atoms with van der Waals surface area (Å²) in [4.78, 5) is 37.3. The second-order valence-corrected chi connectivity index (χ2v) is 15.8. The molecule has 0 saturated carbocycles. The van der Waals surface area contributed by atoms with E-state index in [9.17, 15) is 13.8 Å². The highest BCUT2D eigenvalue weighted by Crippen LogP contribution is 2.45. The van der Waals surface area contributed by atoms with E-state index in [1.54, 1.807) is 19.2 Å². The number of hydrogen-bond acceptors (Lipinski definition) is 8. The lowest BCUT2D eigenvalue weighted by Crippen LogP contribution is -2.47. The predicted molar refractivity (Wildman–Crippen MR) is 191 cm³/mol. The zero-order valence-electron chi connectivity index (χ0n) is 28.1. The highest BCUT2D eigenvalue weighted by atomic mass is 35.5. The van der Waals surface area contributed by atoms with Gasteiger partial charge in [-0.15, -0.1) is 4.36 Å². The Balaban J connectivity index is 1.39. The van der Waals surface area contributed by atoms with Crippen molar-refractivity contribution in [3.05, 3.63) is 94.5 Å². The minimum Gasteiger partial charge on any atom is -0.490 e. The molecule has 1 unspecified atom stereocenters. The van der Waals surface area contributed by atoms with Crippen LogP contribution in [0, 0.1) is 5.92 Å². The van der Waals surface area contributed by atoms with Crippen LogP contribution < -0.4 is 14.4 Å². The Bertz CT molecular complexity index is 1830. The van der Waals surface area contributed by atoms with E-state index in [0.29, 0.717) is 43.4 Å². The molecule has 1 aliphatic carbocycles. The van der Waals surface area contributed by atoms with Crippen molar-refractivity contribution in [1.29, 1.82) is 0 Å². The normalized spacial score (nSPS) is 26.5. The molecule has 0 radical (unpaired) electrons. The fraction of sp³-hybridized carbons (Fsp3) is 0.459. The Labute approximate surface area is 294 Å². The summed E-state index contributed by atoms with van der Waals surface area (Å²) in [7, 11) is -1.73. The van der Waals surface area contributed by atoms with Gasteiger partial charge in [0.1, 0.15) is 15.7 Å². The van der Waals surface area contributed by atoms with Gasteiger partial charge in [-0.2, -0.15) is 0 Å². The zero-order chi connectivity index (χ0) is 34.4. The van der Waals surface area contributed by atoms with E-state index in [1.807, 2.05) is 18.2 Å². The van der Waals surface area contributed by atoms with Crippen molar-refractivity contribution in [1.82, 2.24) is 14.7 Å². The van der Waals surface area contributed by atoms with Gasteiger partial charge < -0.3 is 14.4 Å². The predicted octanol–water partition coefficient (Wildman–Crippen LogP) is 6.27. The fourth-order valence-electron chi connectivity index (χ4n) is 7.26. The number of halogens is 1. The van der Waals surface area contributed by atoms with Crippen molar-refractivity contribution >= 4 is 39.0 Å². The number of allylic oxidation sites excluding steroid dienone is 1. The van der Waals surface area contributed by atoms with E-state index in [1.165, 1.54) is 29.7 Å². The number of anilines is 1. The highest BCUT2D eigenvalue weighted by Gasteiger charge is 2.42. The summed E-state index contributed by atoms with van der Waals surface area (Å²) >= 11 is 6.44. The Morgan fingerprint density at radius 2 is 2.08 bits per heavy atom. The number of methoxy groups -OCH3 is 1. The molecule has 3 aromatic rings. The number of benzene rings is 2. The maximum absolute atomic E-state index is 14.2. The topological polar surface area (TPSA) is 123 Å². The van der Waals surface area contributed by atoms with E-state index < -0.39 is 21.7 Å². The smallest absolute Gasteiger partial charge is 0.286 e. The summed E-state index contributed by atoms with van der Waals surface area (Å²) in [6.45, 7) is 4.13. The lowest BCUT2D eigenvalue weighted by atomic mass is 9.70. The number of nitrogens with one attached hydrogen (secondary N) is 1. The quantitative estimate of drug-likeness (QED) is 0.309. The summed E-state index contributed by atoms with van der Waals surface area (Å²) in [5.74, 6) is -0.203. The number of ether oxygens (including phenoxy) is 2. The van der Waals surface area contributed by atoms with E-state index in [2.05, 4.69) is 49.1 Å². The largest absolute Gasteiger partial charge is 0.490 e. The molecule has 1 spiro atoms. The number of rotatable bonds is 5. The van der Waals surface area contributed by atoms with Gasteiger partial charge in [0, 0.05) is 54.8 Å². The van der Waals surface area contributed by atoms with Crippen molar-refractivity contribution in [3.63, 3.8) is 0 Å². The first-order chi connectivity index (χ1) is 23.7. The maximum Gasteiger partial charge on any atom is 0.286 e. The van der Waals surface area contributed by atoms with Gasteiger partial charge in [0.2, 0.25) is 5.91 Å². The molecule has 1 aromatic heterocycles. The molecular weight excluding hydrogens is 662 g/mol. The lowest BCUT2D eigenvalue weighted by Gasteiger charge is -2.41. The van der Waals surface area contributed by atoms with Crippen LogP contribution in [0.4, 0.5) is 5.69 Å². The molecule has 2 aromatic carbocycles. The van der Waals surface area contributed by atoms with Crippen LogP contribution in [0.15, 0.2) is 71.5 Å². The van der Waals surface area contributed by atoms with Gasteiger partial charge in [-0.05, 0) is 85.9 Å². The van der Waals surface area contributed by atoms with Crippen LogP contribution in [0.3, 0.4) is 0 Å². The van der Waals surface area contributed by atoms with Crippen molar-refractivity contribution in [2.45, 2.75) is 69.8 Å². The summed E-state index contributed by atoms with van der Waals surface area (Å²) in [6.07, 6.45) is 14.1. The van der Waals surface area contributed by atoms with Crippen molar-refractivity contribution in [3.8, 4) is 5.75 Å². The Hall–Kier alpha value is -3.80. The lowest BCUT2D eigenvalue weighted by molar-refractivity contribution is -0.118. The molecule has 2 aliphatic heterocycles. The fourth-order valence-corrected chi connectivity index (χ4v) is 9.05. The summed E-state index contributed by atoms with van der Waals surface area (Å²) in [5, 5.41) is 0.733. The van der Waals surface area contributed by atoms with E-state index in [-0.39, 0.29) is 29.3 Å². The van der Waals surface area contributed by atoms with Crippen LogP contribution in [0.5, 0.6) is 5.75 Å². The van der Waals surface area contributed by atoms with Crippen LogP contribution in [-0.4, -0.2) is 64.7 Å². The first-order valence-electron chi connectivity index (χ1n) is 17.0. The molecule has 49 heavy (non-hydrogen) atoms. The number of aromatic nitrogens is 2. The van der Waals surface area contributed by atoms with Crippen molar-refractivity contribution < 1.29 is 23.3 Å². The first kappa shape index (κ1) is 35.0. The van der Waals surface area contributed by atoms with Gasteiger partial charge in [-0.3, -0.25) is 24.3 Å². The number of aryl methyl sites for hydroxylation is 1. The van der Waals surface area contributed by atoms with E-state index in [4.69, 9.17) is 21.1 Å². The third-order valence-electron chi connectivity index (χ3n) is 9.81. The molecule has 0 fully saturated rings. The molecule has 260 valence electrons. The molecule has 12 heteroatoms. The van der Waals surface area contributed by atoms with Crippen LogP contribution in [-0.2, 0) is 37.7 Å². The molecule has 1 N–H and O–H groups in total. The van der Waals surface area contributed by atoms with Gasteiger partial charge in [-0.1, -0.05) is 43.2 Å². The summed E-state index contributed by atoms with van der Waals surface area (Å²) < 4.78 is 33.5. The number of carbonyl (C=O) groups is 2. The minimum absolute atomic E-state index is 0.0106. The second-order valence-electron chi connectivity index (χ2n) is 13.3. The molecule has 2 amide bonds. The molecular formula is C37H44ClN5O5S. The van der Waals surface area contributed by atoms with Crippen LogP contribution in [0.25, 0.3) is 0 Å². The summed E-state index contributed by atoms with van der Waals surface area (Å²) in [6, 6.07) is 11.5. The molecule has 4 atom stereocenters. The van der Waals surface area contributed by atoms with Gasteiger partial charge in [-0.25, -0.2) is 4.21 Å². The molecule has 0 saturated heterocycles. The van der Waals surface area contributed by atoms with Crippen molar-refractivity contribution in [2.75, 3.05) is 37.5 Å². The van der Waals surface area contributed by atoms with Gasteiger partial charge in [0.15, 0.2) is 0 Å². The Kier molecular flexibility index (Phi) is 11.0. The zero-order valence-corrected chi connectivity index (χ0v) is 29.7. The SMILES string of the molecule is CC[C@@H]1C[C@@H](OC)/C=C/CCCS(=O)(NC(=O)Cc2cnccn2)=NC(=O)c2ccc3c(c2)N(C1)C[C@@]1(CCCc2cc(Cl)ccc21)CO3. The molecule has 10 nitrogen and oxygen atoms in total. The van der Waals surface area contributed by atoms with E-state index >= 15 is 0 Å². The average molecular weight is 706 g/mol. The number of carbonyl (C=O) groups excluding carboxylic acids is 2. The van der Waals surface area contributed by atoms with Crippen molar-refractivity contribution in [2.24, 2.45) is 10.3 Å². The third-order valence-corrected chi connectivity index (χ3v) is 11.9. The highest BCUT2D eigenvalue weighted by molar-refractivity contribution is 7.92. The molecule has 3 heterocycles. The molecule has 6 rings (SSSR count). The minimum atomic E-state index is -3.46. The number of nitrogens with zero attached hydrogens (tertiary/aromatic N) is 4. The van der Waals surface area contributed by atoms with Crippen LogP contribution in [0.2, 0.25) is 5.02 Å². The number of fused-ring (bicyclic) bond motifs is 3. The Morgan fingerprint density at radius 1 is 1.20 bits per heavy atom. The van der Waals surface area contributed by atoms with E-state index in [0.717, 1.165) is 49.4 Å². The maximum atomic E-state index is 14.2. The van der Waals surface area contributed by atoms with Crippen LogP contribution >= 0.6 is 11.6 Å². The average Bonchev–Trinajstić information content (AvgIpc) is 3.23. The second kappa shape index (κ2) is 15.4. The summed E-state index contributed by atoms with van der Waals surface area (Å²) in [5.41, 5.74) is 3.75. The molecule has 2 bridgehead atoms. The number of hydrogen-bond donors (Lipinski definition) is 1. The van der Waals surface area contributed by atoms with Gasteiger partial charge >= 0.3 is 0 Å².